The van der Waals surface area contributed by atoms with Gasteiger partial charge in [0, 0.05) is 47.1 Å². The third kappa shape index (κ3) is 12.4. The summed E-state index contributed by atoms with van der Waals surface area (Å²) in [5.74, 6) is -1.55. The molecule has 0 aliphatic carbocycles. The van der Waals surface area contributed by atoms with E-state index in [0.29, 0.717) is 11.3 Å². The zero-order valence-electron chi connectivity index (χ0n) is 31.1. The summed E-state index contributed by atoms with van der Waals surface area (Å²) in [6, 6.07) is 3.15. The quantitative estimate of drug-likeness (QED) is 0.0999. The van der Waals surface area contributed by atoms with Crippen LogP contribution >= 0.6 is 23.1 Å². The molecule has 0 fully saturated rings. The van der Waals surface area contributed by atoms with Gasteiger partial charge in [-0.15, -0.1) is 4.72 Å². The number of sulfonamides is 1. The smallest absolute Gasteiger partial charge is 0.408 e. The van der Waals surface area contributed by atoms with Gasteiger partial charge in [-0.3, -0.25) is 0 Å². The summed E-state index contributed by atoms with van der Waals surface area (Å²) in [7, 11) is -1.88. The molecule has 1 amide bonds. The lowest BCUT2D eigenvalue weighted by Gasteiger charge is -2.33. The number of ether oxygens (including phenoxy) is 3. The molecule has 0 spiro atoms. The summed E-state index contributed by atoms with van der Waals surface area (Å²) in [4.78, 5) is 15.8. The third-order valence-corrected chi connectivity index (χ3v) is 12.2. The van der Waals surface area contributed by atoms with E-state index in [2.05, 4.69) is 24.7 Å². The van der Waals surface area contributed by atoms with E-state index >= 15 is 4.39 Å². The van der Waals surface area contributed by atoms with E-state index in [1.165, 1.54) is 41.9 Å². The molecular weight excluding hydrogens is 800 g/mol. The van der Waals surface area contributed by atoms with Crippen molar-refractivity contribution in [2.24, 2.45) is 5.92 Å². The van der Waals surface area contributed by atoms with E-state index in [1.54, 1.807) is 39.0 Å². The van der Waals surface area contributed by atoms with Crippen molar-refractivity contribution in [3.8, 4) is 11.5 Å². The Bertz CT molecular complexity index is 1830. The minimum Gasteiger partial charge on any atom is -0.598 e. The predicted molar refractivity (Wildman–Crippen MR) is 201 cm³/mol. The van der Waals surface area contributed by atoms with Crippen LogP contribution in [0.3, 0.4) is 0 Å². The summed E-state index contributed by atoms with van der Waals surface area (Å²) in [5, 5.41) is 4.98. The van der Waals surface area contributed by atoms with E-state index in [0.717, 1.165) is 34.3 Å². The highest BCUT2D eigenvalue weighted by Crippen LogP contribution is 2.36. The Labute approximate surface area is 325 Å². The van der Waals surface area contributed by atoms with Gasteiger partial charge in [0.15, 0.2) is 0 Å². The van der Waals surface area contributed by atoms with Crippen molar-refractivity contribution in [3.63, 3.8) is 0 Å². The Hall–Kier alpha value is -3.30. The Morgan fingerprint density at radius 2 is 1.76 bits per heavy atom. The minimum atomic E-state index is -4.85. The average molecular weight is 845 g/mol. The summed E-state index contributed by atoms with van der Waals surface area (Å²) in [6.07, 6.45) is -5.29. The maximum absolute atomic E-state index is 15.9. The van der Waals surface area contributed by atoms with Crippen LogP contribution in [0.2, 0.25) is 5.02 Å². The number of methoxy groups -OCH3 is 2. The third-order valence-electron chi connectivity index (χ3n) is 7.71. The van der Waals surface area contributed by atoms with Gasteiger partial charge in [0.25, 0.3) is 10.0 Å². The van der Waals surface area contributed by atoms with Gasteiger partial charge < -0.3 is 29.4 Å². The molecule has 0 aliphatic rings. The fourth-order valence-electron chi connectivity index (χ4n) is 4.82. The summed E-state index contributed by atoms with van der Waals surface area (Å²) in [5.41, 5.74) is -0.659. The molecule has 0 saturated heterocycles. The van der Waals surface area contributed by atoms with Gasteiger partial charge in [0.1, 0.15) is 44.9 Å². The first-order valence-electron chi connectivity index (χ1n) is 16.3. The minimum absolute atomic E-state index is 0.0832. The molecule has 3 rings (SSSR count). The monoisotopic (exact) mass is 844 g/mol. The number of carbonyl (C=O) groups is 1. The van der Waals surface area contributed by atoms with Crippen molar-refractivity contribution < 1.29 is 49.5 Å². The molecule has 2 aromatic carbocycles. The SMILES string of the molecule is COc1ccc(CN(c2ncns2)S(=O)(=O)c2cc(Cl)c(NC[C@H](CC(N[S@+]([O-])C(C)(C)C)C(F)(F)F)[C@@H](C)NC(=O)OC(C)(C)C)cc2F)c(OC)c1. The number of nitrogens with zero attached hydrogens (tertiary/aromatic N) is 3. The second-order valence-corrected chi connectivity index (χ2v) is 19.1. The van der Waals surface area contributed by atoms with Crippen LogP contribution in [0.4, 0.5) is 33.2 Å². The topological polar surface area (TPSA) is 167 Å². The number of aromatic nitrogens is 2. The zero-order valence-corrected chi connectivity index (χ0v) is 34.3. The number of amides is 1. The van der Waals surface area contributed by atoms with E-state index in [1.807, 2.05) is 0 Å². The zero-order chi connectivity index (χ0) is 40.8. The maximum Gasteiger partial charge on any atom is 0.408 e. The van der Waals surface area contributed by atoms with Crippen LogP contribution in [0.15, 0.2) is 41.6 Å². The van der Waals surface area contributed by atoms with Crippen LogP contribution in [0.5, 0.6) is 11.5 Å². The average Bonchev–Trinajstić information content (AvgIpc) is 3.58. The molecule has 302 valence electrons. The molecule has 3 aromatic rings. The standard InChI is InChI=1S/C33H45ClF4N6O7S3/c1-19(42-30(45)51-31(2,3)4)21(12-28(33(36,37)38)43-53(46)32(5,6)7)16-39-25-15-24(35)27(14-23(25)34)54(47,48)44(29-40-18-41-52-29)17-20-10-11-22(49-8)13-26(20)50-9/h10-11,13-15,18-19,21,28,39,43H,12,16-17H2,1-9H3,(H,42,45)/t19-,21+,28?,53-/m1/s1. The van der Waals surface area contributed by atoms with Crippen molar-refractivity contribution in [3.05, 3.63) is 53.1 Å². The van der Waals surface area contributed by atoms with Crippen LogP contribution in [0.25, 0.3) is 0 Å². The second kappa shape index (κ2) is 18.1. The Balaban J connectivity index is 1.97. The molecule has 1 unspecified atom stereocenters. The fraction of sp³-hybridized carbons (Fsp3) is 0.545. The summed E-state index contributed by atoms with van der Waals surface area (Å²) < 4.78 is 121. The number of alkyl carbamates (subject to hydrolysis) is 1. The van der Waals surface area contributed by atoms with Crippen molar-refractivity contribution in [1.82, 2.24) is 19.4 Å². The lowest BCUT2D eigenvalue weighted by molar-refractivity contribution is -0.155. The molecule has 3 N–H and O–H groups in total. The van der Waals surface area contributed by atoms with Gasteiger partial charge in [-0.05, 0) is 85.1 Å². The first-order chi connectivity index (χ1) is 24.9. The molecular formula is C33H45ClF4N6O7S3. The van der Waals surface area contributed by atoms with Crippen LogP contribution in [0.1, 0.15) is 60.5 Å². The van der Waals surface area contributed by atoms with Crippen LogP contribution < -0.4 is 29.1 Å². The Morgan fingerprint density at radius 1 is 1.09 bits per heavy atom. The predicted octanol–water partition coefficient (Wildman–Crippen LogP) is 7.06. The molecule has 0 radical (unpaired) electrons. The number of hydrogen-bond acceptors (Lipinski definition) is 12. The van der Waals surface area contributed by atoms with Gasteiger partial charge in [-0.25, -0.2) is 26.9 Å². The molecule has 0 aliphatic heterocycles. The number of alkyl halides is 3. The fourth-order valence-corrected chi connectivity index (χ4v) is 8.17. The molecule has 21 heteroatoms. The van der Waals surface area contributed by atoms with E-state index < -0.39 is 79.1 Å². The van der Waals surface area contributed by atoms with Crippen molar-refractivity contribution in [1.29, 1.82) is 0 Å². The van der Waals surface area contributed by atoms with E-state index in [-0.39, 0.29) is 34.7 Å². The largest absolute Gasteiger partial charge is 0.598 e. The number of carbonyl (C=O) groups excluding carboxylic acids is 1. The van der Waals surface area contributed by atoms with Crippen molar-refractivity contribution in [2.75, 3.05) is 30.4 Å². The number of benzene rings is 2. The Morgan fingerprint density at radius 3 is 2.30 bits per heavy atom. The molecule has 4 atom stereocenters. The van der Waals surface area contributed by atoms with Crippen molar-refractivity contribution >= 4 is 61.4 Å². The normalized spacial score (nSPS) is 14.8. The lowest BCUT2D eigenvalue weighted by Crippen LogP contribution is -2.53. The van der Waals surface area contributed by atoms with Gasteiger partial charge >= 0.3 is 12.3 Å². The highest BCUT2D eigenvalue weighted by Gasteiger charge is 2.46. The maximum atomic E-state index is 15.9. The number of nitrogens with one attached hydrogen (secondary N) is 3. The molecule has 0 bridgehead atoms. The van der Waals surface area contributed by atoms with Gasteiger partial charge in [0.05, 0.1) is 31.5 Å². The molecule has 54 heavy (non-hydrogen) atoms. The van der Waals surface area contributed by atoms with Crippen molar-refractivity contribution in [2.45, 2.75) is 94.9 Å². The summed E-state index contributed by atoms with van der Waals surface area (Å²) in [6.45, 7) is 10.2. The van der Waals surface area contributed by atoms with E-state index in [9.17, 15) is 30.9 Å². The first kappa shape index (κ1) is 45.1. The number of anilines is 2. The van der Waals surface area contributed by atoms with E-state index in [4.69, 9.17) is 25.8 Å². The highest BCUT2D eigenvalue weighted by molar-refractivity contribution is 7.93. The molecule has 1 aromatic heterocycles. The lowest BCUT2D eigenvalue weighted by atomic mass is 9.93. The number of halogens is 5. The Kier molecular flexibility index (Phi) is 15.1. The second-order valence-electron chi connectivity index (χ2n) is 14.1. The van der Waals surface area contributed by atoms with Gasteiger partial charge in [-0.1, -0.05) is 11.6 Å². The van der Waals surface area contributed by atoms with Crippen LogP contribution in [-0.4, -0.2) is 77.8 Å². The van der Waals surface area contributed by atoms with Crippen LogP contribution in [0, 0.1) is 11.7 Å². The molecule has 1 heterocycles. The summed E-state index contributed by atoms with van der Waals surface area (Å²) >= 11 is 5.14. The van der Waals surface area contributed by atoms with Crippen LogP contribution in [-0.2, 0) is 32.7 Å². The van der Waals surface area contributed by atoms with Gasteiger partial charge in [-0.2, -0.15) is 17.5 Å². The van der Waals surface area contributed by atoms with Gasteiger partial charge in [0.2, 0.25) is 5.13 Å². The number of rotatable bonds is 16. The molecule has 13 nitrogen and oxygen atoms in total. The highest BCUT2D eigenvalue weighted by atomic mass is 35.5. The first-order valence-corrected chi connectivity index (χ1v) is 20.1. The number of hydrogen-bond donors (Lipinski definition) is 3. The molecule has 0 saturated carbocycles.